The first-order valence-corrected chi connectivity index (χ1v) is 24.8. The summed E-state index contributed by atoms with van der Waals surface area (Å²) in [7, 11) is 0. The van der Waals surface area contributed by atoms with Crippen molar-refractivity contribution in [2.75, 3.05) is 23.1 Å². The molecule has 7 unspecified atom stereocenters. The van der Waals surface area contributed by atoms with E-state index in [1.807, 2.05) is 79.3 Å². The number of rotatable bonds is 8. The third-order valence-electron chi connectivity index (χ3n) is 16.9. The molecule has 1 saturated carbocycles. The fraction of sp³-hybridized carbons (Fsp3) is 0.357. The van der Waals surface area contributed by atoms with E-state index in [1.54, 1.807) is 27.5 Å². The molecule has 0 saturated heterocycles. The quantitative estimate of drug-likeness (QED) is 0.154. The lowest BCUT2D eigenvalue weighted by Gasteiger charge is -2.55. The molecular formula is C56H50F4N6O6. The molecule has 16 heteroatoms. The molecule has 0 radical (unpaired) electrons. The number of aromatic nitrogens is 2. The van der Waals surface area contributed by atoms with Gasteiger partial charge in [0.2, 0.25) is 10.9 Å². The number of ether oxygens (including phenoxy) is 1. The zero-order chi connectivity index (χ0) is 50.0. The van der Waals surface area contributed by atoms with Crippen LogP contribution in [0.3, 0.4) is 0 Å². The zero-order valence-electron chi connectivity index (χ0n) is 39.9. The average molecular weight is 979 g/mol. The summed E-state index contributed by atoms with van der Waals surface area (Å²) in [5.41, 5.74) is -0.471. The van der Waals surface area contributed by atoms with Crippen molar-refractivity contribution in [1.29, 1.82) is 0 Å². The maximum Gasteiger partial charge on any atom is 0.278 e. The standard InChI is InChI=1S/C56H50F4N6O6/c1-28(2)26-61-29(3)66(63-21-19-43(67)50(69)48(63)53(61)70)56-37-12-8-6-10-33(37)24-40(56)51(45-39(56)16-18-42(58)47(45)60)72-52-44(68)20-22-64-49(52)54(71)62(27-31-13-14-31)30(4)65(64)55-34(23-32-9-5-7-11-36(32)55)25-35-38(55)15-17-41(57)46(35)59/h5-12,15-22,28-31,34,40,51,69H,13-14,23-27H2,1-4H3. The minimum atomic E-state index is -1.53. The van der Waals surface area contributed by atoms with Crippen LogP contribution in [0.4, 0.5) is 17.6 Å². The monoisotopic (exact) mass is 978 g/mol. The Balaban J connectivity index is 1.05. The van der Waals surface area contributed by atoms with E-state index in [0.717, 1.165) is 47.7 Å². The third kappa shape index (κ3) is 5.63. The summed E-state index contributed by atoms with van der Waals surface area (Å²) in [5, 5.41) is 15.3. The third-order valence-corrected chi connectivity index (χ3v) is 16.9. The van der Waals surface area contributed by atoms with Crippen molar-refractivity contribution < 1.29 is 37.0 Å². The van der Waals surface area contributed by atoms with Gasteiger partial charge in [-0.25, -0.2) is 17.6 Å². The van der Waals surface area contributed by atoms with E-state index in [1.165, 1.54) is 29.2 Å². The molecule has 5 aliphatic carbocycles. The first-order valence-electron chi connectivity index (χ1n) is 24.8. The van der Waals surface area contributed by atoms with Crippen molar-refractivity contribution in [1.82, 2.24) is 19.2 Å². The topological polar surface area (TPSA) is 121 Å². The fourth-order valence-electron chi connectivity index (χ4n) is 14.0. The Morgan fingerprint density at radius 2 is 1.24 bits per heavy atom. The van der Waals surface area contributed by atoms with Crippen molar-refractivity contribution in [2.24, 2.45) is 23.7 Å². The highest BCUT2D eigenvalue weighted by Crippen LogP contribution is 2.63. The molecule has 7 aliphatic rings. The fourth-order valence-corrected chi connectivity index (χ4v) is 14.0. The van der Waals surface area contributed by atoms with E-state index in [2.05, 4.69) is 0 Å². The Morgan fingerprint density at radius 1 is 0.653 bits per heavy atom. The van der Waals surface area contributed by atoms with Gasteiger partial charge in [0.1, 0.15) is 29.5 Å². The summed E-state index contributed by atoms with van der Waals surface area (Å²) in [6.07, 6.45) is 2.54. The Kier molecular flexibility index (Phi) is 9.49. The number of pyridine rings is 2. The second kappa shape index (κ2) is 15.3. The van der Waals surface area contributed by atoms with Crippen LogP contribution in [0.2, 0.25) is 0 Å². The van der Waals surface area contributed by atoms with Gasteiger partial charge in [-0.15, -0.1) is 0 Å². The first-order chi connectivity index (χ1) is 34.6. The van der Waals surface area contributed by atoms with Crippen molar-refractivity contribution in [3.63, 3.8) is 0 Å². The van der Waals surface area contributed by atoms with Crippen LogP contribution in [-0.2, 0) is 30.3 Å². The number of carbonyl (C=O) groups excluding carboxylic acids is 2. The van der Waals surface area contributed by atoms with Crippen molar-refractivity contribution in [2.45, 2.75) is 89.3 Å². The number of carbonyl (C=O) groups is 2. The van der Waals surface area contributed by atoms with E-state index in [9.17, 15) is 19.5 Å². The predicted octanol–water partition coefficient (Wildman–Crippen LogP) is 7.74. The molecule has 4 heterocycles. The molecule has 4 aromatic carbocycles. The highest BCUT2D eigenvalue weighted by molar-refractivity contribution is 5.97. The van der Waals surface area contributed by atoms with Gasteiger partial charge in [0.25, 0.3) is 11.8 Å². The minimum absolute atomic E-state index is 0.0769. The Labute approximate surface area is 411 Å². The van der Waals surface area contributed by atoms with Gasteiger partial charge in [-0.1, -0.05) is 74.5 Å². The van der Waals surface area contributed by atoms with Gasteiger partial charge in [-0.05, 0) is 109 Å². The van der Waals surface area contributed by atoms with E-state index in [0.29, 0.717) is 24.1 Å². The molecule has 0 bridgehead atoms. The highest BCUT2D eigenvalue weighted by Gasteiger charge is 2.66. The van der Waals surface area contributed by atoms with Crippen LogP contribution >= 0.6 is 0 Å². The van der Waals surface area contributed by atoms with Crippen molar-refractivity contribution in [3.05, 3.63) is 197 Å². The summed E-state index contributed by atoms with van der Waals surface area (Å²) in [5.74, 6) is -7.76. The molecular weight excluding hydrogens is 929 g/mol. The Hall–Kier alpha value is -7.36. The van der Waals surface area contributed by atoms with Gasteiger partial charge in [0, 0.05) is 55.0 Å². The van der Waals surface area contributed by atoms with E-state index in [-0.39, 0.29) is 65.2 Å². The largest absolute Gasteiger partial charge is 0.502 e. The lowest BCUT2D eigenvalue weighted by atomic mass is 9.80. The van der Waals surface area contributed by atoms with Crippen LogP contribution in [0, 0.1) is 46.9 Å². The van der Waals surface area contributed by atoms with Gasteiger partial charge in [0.05, 0.1) is 0 Å². The number of amides is 2. The predicted molar refractivity (Wildman–Crippen MR) is 257 cm³/mol. The van der Waals surface area contributed by atoms with Crippen LogP contribution in [0.15, 0.2) is 107 Å². The Morgan fingerprint density at radius 3 is 1.93 bits per heavy atom. The van der Waals surface area contributed by atoms with Crippen LogP contribution in [-0.4, -0.2) is 61.5 Å². The summed E-state index contributed by atoms with van der Waals surface area (Å²) in [6.45, 7) is 8.09. The number of aromatic hydroxyl groups is 1. The van der Waals surface area contributed by atoms with Crippen molar-refractivity contribution >= 4 is 11.8 Å². The maximum atomic E-state index is 17.4. The molecule has 2 aromatic heterocycles. The molecule has 368 valence electrons. The number of halogens is 4. The van der Waals surface area contributed by atoms with Gasteiger partial charge < -0.3 is 19.6 Å². The molecule has 2 aliphatic heterocycles. The molecule has 13 rings (SSSR count). The molecule has 12 nitrogen and oxygen atoms in total. The van der Waals surface area contributed by atoms with Crippen LogP contribution in [0.5, 0.6) is 11.5 Å². The normalized spacial score (nSPS) is 26.3. The first kappa shape index (κ1) is 44.6. The van der Waals surface area contributed by atoms with Crippen LogP contribution in [0.25, 0.3) is 0 Å². The number of nitrogens with zero attached hydrogens (tertiary/aromatic N) is 6. The van der Waals surface area contributed by atoms with Crippen LogP contribution < -0.4 is 25.6 Å². The molecule has 6 aromatic rings. The molecule has 2 amide bonds. The summed E-state index contributed by atoms with van der Waals surface area (Å²) >= 11 is 0. The maximum absolute atomic E-state index is 17.4. The second-order valence-corrected chi connectivity index (χ2v) is 21.1. The molecule has 1 fully saturated rings. The van der Waals surface area contributed by atoms with E-state index >= 15 is 22.4 Å². The highest BCUT2D eigenvalue weighted by atomic mass is 19.2. The van der Waals surface area contributed by atoms with Gasteiger partial charge in [0.15, 0.2) is 46.2 Å². The zero-order valence-corrected chi connectivity index (χ0v) is 39.9. The van der Waals surface area contributed by atoms with Gasteiger partial charge in [-0.2, -0.15) is 0 Å². The number of hydrogen-bond acceptors (Lipinski definition) is 8. The summed E-state index contributed by atoms with van der Waals surface area (Å²) in [6, 6.07) is 23.0. The lowest BCUT2D eigenvalue weighted by molar-refractivity contribution is 0.0401. The lowest BCUT2D eigenvalue weighted by Crippen LogP contribution is -2.68. The number of fused-ring (bicyclic) bond motifs is 12. The molecule has 0 spiro atoms. The molecule has 72 heavy (non-hydrogen) atoms. The van der Waals surface area contributed by atoms with E-state index in [4.69, 9.17) is 4.74 Å². The van der Waals surface area contributed by atoms with Gasteiger partial charge in [-0.3, -0.25) is 38.5 Å². The van der Waals surface area contributed by atoms with Gasteiger partial charge >= 0.3 is 0 Å². The average Bonchev–Trinajstić information content (AvgIpc) is 3.83. The number of hydrogen-bond donors (Lipinski definition) is 1. The van der Waals surface area contributed by atoms with Crippen molar-refractivity contribution in [3.8, 4) is 11.5 Å². The number of benzene rings is 4. The van der Waals surface area contributed by atoms with E-state index < -0.39 is 92.9 Å². The summed E-state index contributed by atoms with van der Waals surface area (Å²) in [4.78, 5) is 61.4. The smallest absolute Gasteiger partial charge is 0.278 e. The summed E-state index contributed by atoms with van der Waals surface area (Å²) < 4.78 is 75.0. The minimum Gasteiger partial charge on any atom is -0.502 e. The molecule has 7 atom stereocenters. The second-order valence-electron chi connectivity index (χ2n) is 21.1. The molecule has 1 N–H and O–H groups in total. The Bertz CT molecular complexity index is 3500. The van der Waals surface area contributed by atoms with Crippen LogP contribution in [0.1, 0.15) is 112 Å². The SMILES string of the molecule is CC(C)CN1C(=O)c2c(O)c(=O)ccn2N(C23c4ccccc4CC2C(Oc2c4n(ccc2=O)N(C25c6ccccc6CC2Cc2c5ccc(F)c2F)C(C)N(CC2CC2)C4=O)c2c3ccc(F)c2F)C1C.